The third-order valence-corrected chi connectivity index (χ3v) is 8.56. The number of rotatable bonds is 7. The number of hydrogen-bond donors (Lipinski definition) is 2. The van der Waals surface area contributed by atoms with Gasteiger partial charge in [-0.2, -0.15) is 15.0 Å². The highest BCUT2D eigenvalue weighted by molar-refractivity contribution is 8.22. The molecule has 0 aliphatic carbocycles. The molecule has 1 aliphatic heterocycles. The van der Waals surface area contributed by atoms with Gasteiger partial charge in [0.1, 0.15) is 10.1 Å². The van der Waals surface area contributed by atoms with Crippen LogP contribution in [0.25, 0.3) is 0 Å². The molecule has 3 N–H and O–H groups in total. The van der Waals surface area contributed by atoms with Crippen molar-refractivity contribution in [1.82, 2.24) is 24.8 Å². The smallest absolute Gasteiger partial charge is 0.232 e. The van der Waals surface area contributed by atoms with Crippen LogP contribution in [-0.2, 0) is 5.75 Å². The van der Waals surface area contributed by atoms with E-state index in [1.807, 2.05) is 12.1 Å². The van der Waals surface area contributed by atoms with E-state index >= 15 is 0 Å². The van der Waals surface area contributed by atoms with Crippen molar-refractivity contribution < 1.29 is 0 Å². The number of benzene rings is 3. The second kappa shape index (κ2) is 12.5. The molecule has 1 aliphatic rings. The van der Waals surface area contributed by atoms with Crippen molar-refractivity contribution in [2.45, 2.75) is 25.6 Å². The molecule has 1 saturated heterocycles. The first-order valence-corrected chi connectivity index (χ1v) is 14.5. The minimum absolute atomic E-state index is 0.195. The summed E-state index contributed by atoms with van der Waals surface area (Å²) in [7, 11) is 0. The number of anilines is 3. The summed E-state index contributed by atoms with van der Waals surface area (Å²) < 4.78 is 0.855. The number of aromatic nitrogens is 3. The third kappa shape index (κ3) is 6.73. The number of nitrogen functional groups attached to an aromatic ring is 1. The number of hydrogen-bond acceptors (Lipinski definition) is 8. The zero-order valence-corrected chi connectivity index (χ0v) is 23.9. The molecule has 0 spiro atoms. The van der Waals surface area contributed by atoms with Gasteiger partial charge < -0.3 is 16.0 Å². The molecule has 0 saturated carbocycles. The molecule has 0 radical (unpaired) electrons. The van der Waals surface area contributed by atoms with Gasteiger partial charge in [0.15, 0.2) is 0 Å². The highest BCUT2D eigenvalue weighted by Gasteiger charge is 2.27. The van der Waals surface area contributed by atoms with Crippen molar-refractivity contribution in [3.63, 3.8) is 0 Å². The first-order valence-electron chi connectivity index (χ1n) is 13.1. The van der Waals surface area contributed by atoms with Crippen molar-refractivity contribution >= 4 is 45.9 Å². The number of aryl methyl sites for hydroxylation is 1. The number of nitrogens with two attached hydrogens (primary N) is 1. The molecule has 9 heteroatoms. The van der Waals surface area contributed by atoms with E-state index in [1.165, 1.54) is 16.7 Å². The van der Waals surface area contributed by atoms with Gasteiger partial charge in [0.2, 0.25) is 11.9 Å². The Hall–Kier alpha value is -3.53. The molecular weight excluding hydrogens is 523 g/mol. The SMILES string of the molecule is Cc1cccc(Nc2nc(N)nc(CSC(=S)N3CCN(C(c4ccccc4)c4ccccc4)CC3)n2)c1C. The van der Waals surface area contributed by atoms with Gasteiger partial charge in [0.05, 0.1) is 11.8 Å². The van der Waals surface area contributed by atoms with E-state index in [0.717, 1.165) is 41.8 Å². The number of nitrogens with one attached hydrogen (secondary N) is 1. The monoisotopic (exact) mass is 555 g/mol. The van der Waals surface area contributed by atoms with Crippen molar-refractivity contribution in [3.05, 3.63) is 107 Å². The van der Waals surface area contributed by atoms with Gasteiger partial charge >= 0.3 is 0 Å². The molecule has 1 fully saturated rings. The second-order valence-electron chi connectivity index (χ2n) is 9.61. The Morgan fingerprint density at radius 2 is 1.51 bits per heavy atom. The van der Waals surface area contributed by atoms with E-state index in [0.29, 0.717) is 17.5 Å². The molecule has 200 valence electrons. The molecule has 0 unspecified atom stereocenters. The first kappa shape index (κ1) is 27.1. The van der Waals surface area contributed by atoms with Crippen LogP contribution < -0.4 is 11.1 Å². The maximum Gasteiger partial charge on any atom is 0.232 e. The van der Waals surface area contributed by atoms with Crippen molar-refractivity contribution in [2.75, 3.05) is 37.2 Å². The fraction of sp³-hybridized carbons (Fsp3) is 0.267. The first-order chi connectivity index (χ1) is 19.0. The number of thiocarbonyl (C=S) groups is 1. The number of nitrogens with zero attached hydrogens (tertiary/aromatic N) is 5. The predicted molar refractivity (Wildman–Crippen MR) is 165 cm³/mol. The Morgan fingerprint density at radius 3 is 2.15 bits per heavy atom. The van der Waals surface area contributed by atoms with Gasteiger partial charge in [-0.1, -0.05) is 96.8 Å². The van der Waals surface area contributed by atoms with Crippen LogP contribution in [0, 0.1) is 13.8 Å². The molecule has 39 heavy (non-hydrogen) atoms. The zero-order valence-electron chi connectivity index (χ0n) is 22.2. The Bertz CT molecular complexity index is 1370. The quantitative estimate of drug-likeness (QED) is 0.277. The maximum absolute atomic E-state index is 6.01. The van der Waals surface area contributed by atoms with Crippen molar-refractivity contribution in [3.8, 4) is 0 Å². The minimum atomic E-state index is 0.195. The number of thioether (sulfide) groups is 1. The van der Waals surface area contributed by atoms with Gasteiger partial charge in [0, 0.05) is 31.9 Å². The normalized spacial score (nSPS) is 14.0. The summed E-state index contributed by atoms with van der Waals surface area (Å²) in [5.41, 5.74) is 11.9. The van der Waals surface area contributed by atoms with Gasteiger partial charge in [-0.25, -0.2) is 0 Å². The zero-order chi connectivity index (χ0) is 27.2. The average molecular weight is 556 g/mol. The molecule has 1 aromatic heterocycles. The lowest BCUT2D eigenvalue weighted by Crippen LogP contribution is -2.48. The van der Waals surface area contributed by atoms with Crippen LogP contribution in [0.15, 0.2) is 78.9 Å². The lowest BCUT2D eigenvalue weighted by atomic mass is 9.96. The Balaban J connectivity index is 1.20. The van der Waals surface area contributed by atoms with Gasteiger partial charge in [0.25, 0.3) is 0 Å². The van der Waals surface area contributed by atoms with Crippen LogP contribution in [0.4, 0.5) is 17.6 Å². The highest BCUT2D eigenvalue weighted by Crippen LogP contribution is 2.30. The van der Waals surface area contributed by atoms with Crippen LogP contribution in [0.2, 0.25) is 0 Å². The fourth-order valence-corrected chi connectivity index (χ4v) is 5.94. The second-order valence-corrected chi connectivity index (χ2v) is 11.2. The molecule has 7 nitrogen and oxygen atoms in total. The van der Waals surface area contributed by atoms with Crippen LogP contribution in [0.1, 0.15) is 34.1 Å². The predicted octanol–water partition coefficient (Wildman–Crippen LogP) is 5.74. The van der Waals surface area contributed by atoms with Crippen LogP contribution in [0.3, 0.4) is 0 Å². The van der Waals surface area contributed by atoms with Crippen LogP contribution in [-0.4, -0.2) is 55.3 Å². The minimum Gasteiger partial charge on any atom is -0.368 e. The Labute approximate surface area is 239 Å². The van der Waals surface area contributed by atoms with Crippen molar-refractivity contribution in [1.29, 1.82) is 0 Å². The molecule has 5 rings (SSSR count). The van der Waals surface area contributed by atoms with E-state index in [9.17, 15) is 0 Å². The summed E-state index contributed by atoms with van der Waals surface area (Å²) in [4.78, 5) is 18.0. The van der Waals surface area contributed by atoms with Crippen molar-refractivity contribution in [2.24, 2.45) is 0 Å². The molecule has 2 heterocycles. The summed E-state index contributed by atoms with van der Waals surface area (Å²) in [5, 5.41) is 3.29. The Morgan fingerprint density at radius 1 is 0.872 bits per heavy atom. The standard InChI is InChI=1S/C30H33N7S2/c1-21-10-9-15-25(22(21)2)32-29-34-26(33-28(31)35-29)20-39-30(38)37-18-16-36(17-19-37)27(23-11-5-3-6-12-23)24-13-7-4-8-14-24/h3-15,27H,16-20H2,1-2H3,(H3,31,32,33,34,35). The van der Waals surface area contributed by atoms with Gasteiger partial charge in [-0.3, -0.25) is 4.90 Å². The molecule has 0 bridgehead atoms. The third-order valence-electron chi connectivity index (χ3n) is 7.04. The molecule has 4 aromatic rings. The molecule has 0 atom stereocenters. The van der Waals surface area contributed by atoms with E-state index in [2.05, 4.69) is 111 Å². The average Bonchev–Trinajstić information content (AvgIpc) is 2.96. The number of piperazine rings is 1. The van der Waals surface area contributed by atoms with E-state index < -0.39 is 0 Å². The topological polar surface area (TPSA) is 83.2 Å². The summed E-state index contributed by atoms with van der Waals surface area (Å²) in [6.07, 6.45) is 0. The maximum atomic E-state index is 6.01. The van der Waals surface area contributed by atoms with Crippen LogP contribution >= 0.6 is 24.0 Å². The Kier molecular flexibility index (Phi) is 8.71. The molecule has 3 aromatic carbocycles. The largest absolute Gasteiger partial charge is 0.368 e. The van der Waals surface area contributed by atoms with Gasteiger partial charge in [-0.05, 0) is 42.2 Å². The lowest BCUT2D eigenvalue weighted by Gasteiger charge is -2.40. The molecule has 0 amide bonds. The summed E-state index contributed by atoms with van der Waals surface area (Å²) in [6.45, 7) is 7.75. The highest BCUT2D eigenvalue weighted by atomic mass is 32.2. The molecular formula is C30H33N7S2. The van der Waals surface area contributed by atoms with Crippen LogP contribution in [0.5, 0.6) is 0 Å². The van der Waals surface area contributed by atoms with E-state index in [4.69, 9.17) is 18.0 Å². The van der Waals surface area contributed by atoms with E-state index in [-0.39, 0.29) is 12.0 Å². The van der Waals surface area contributed by atoms with Gasteiger partial charge in [-0.15, -0.1) is 0 Å². The lowest BCUT2D eigenvalue weighted by molar-refractivity contribution is 0.153. The van der Waals surface area contributed by atoms with E-state index in [1.54, 1.807) is 11.8 Å². The summed E-state index contributed by atoms with van der Waals surface area (Å²) in [5.74, 6) is 1.78. The summed E-state index contributed by atoms with van der Waals surface area (Å²) in [6, 6.07) is 27.8. The fourth-order valence-electron chi connectivity index (χ4n) is 4.83. The summed E-state index contributed by atoms with van der Waals surface area (Å²) >= 11 is 7.39.